The number of methoxy groups -OCH3 is 1. The van der Waals surface area contributed by atoms with Gasteiger partial charge in [0, 0.05) is 36.3 Å². The van der Waals surface area contributed by atoms with Crippen molar-refractivity contribution in [2.45, 2.75) is 52.3 Å². The van der Waals surface area contributed by atoms with Gasteiger partial charge in [-0.05, 0) is 52.3 Å². The van der Waals surface area contributed by atoms with Crippen molar-refractivity contribution in [2.24, 2.45) is 0 Å². The molecular formula is C18H28N2O. The van der Waals surface area contributed by atoms with Crippen molar-refractivity contribution in [1.29, 1.82) is 0 Å². The Morgan fingerprint density at radius 3 is 2.62 bits per heavy atom. The Morgan fingerprint density at radius 2 is 1.95 bits per heavy atom. The van der Waals surface area contributed by atoms with Gasteiger partial charge in [0.05, 0.1) is 6.10 Å². The second kappa shape index (κ2) is 6.63. The zero-order valence-corrected chi connectivity index (χ0v) is 13.9. The van der Waals surface area contributed by atoms with E-state index in [0.29, 0.717) is 0 Å². The van der Waals surface area contributed by atoms with Gasteiger partial charge in [0.2, 0.25) is 0 Å². The normalized spacial score (nSPS) is 13.8. The number of benzene rings is 1. The van der Waals surface area contributed by atoms with Crippen LogP contribution in [-0.2, 0) is 17.7 Å². The largest absolute Gasteiger partial charge is 0.380 e. The molecule has 1 aromatic heterocycles. The summed E-state index contributed by atoms with van der Waals surface area (Å²) in [4.78, 5) is 0. The van der Waals surface area contributed by atoms with E-state index < -0.39 is 0 Å². The maximum atomic E-state index is 5.40. The standard InChI is InChI=1S/C18H28N2O/c1-14(21-5)12-20-13-15(10-11-19-18(2,3)4)16-8-6-7-9-17(16)20/h6-9,13-14,19H,10-12H2,1-5H3. The molecule has 21 heavy (non-hydrogen) atoms. The molecule has 0 aliphatic heterocycles. The molecular weight excluding hydrogens is 260 g/mol. The van der Waals surface area contributed by atoms with Crippen molar-refractivity contribution in [2.75, 3.05) is 13.7 Å². The summed E-state index contributed by atoms with van der Waals surface area (Å²) >= 11 is 0. The number of aromatic nitrogens is 1. The molecule has 0 bridgehead atoms. The third-order valence-corrected chi connectivity index (χ3v) is 3.78. The van der Waals surface area contributed by atoms with E-state index >= 15 is 0 Å². The van der Waals surface area contributed by atoms with E-state index in [2.05, 4.69) is 68.0 Å². The molecule has 3 nitrogen and oxygen atoms in total. The van der Waals surface area contributed by atoms with Gasteiger partial charge in [-0.25, -0.2) is 0 Å². The zero-order valence-electron chi connectivity index (χ0n) is 13.9. The van der Waals surface area contributed by atoms with E-state index in [-0.39, 0.29) is 11.6 Å². The maximum Gasteiger partial charge on any atom is 0.0722 e. The SMILES string of the molecule is COC(C)Cn1cc(CCNC(C)(C)C)c2ccccc21. The molecule has 0 amide bonds. The monoisotopic (exact) mass is 288 g/mol. The fraction of sp³-hybridized carbons (Fsp3) is 0.556. The topological polar surface area (TPSA) is 26.2 Å². The smallest absolute Gasteiger partial charge is 0.0722 e. The number of rotatable bonds is 6. The third-order valence-electron chi connectivity index (χ3n) is 3.78. The highest BCUT2D eigenvalue weighted by Gasteiger charge is 2.12. The van der Waals surface area contributed by atoms with Crippen LogP contribution in [0.2, 0.25) is 0 Å². The van der Waals surface area contributed by atoms with Crippen LogP contribution in [0.15, 0.2) is 30.5 Å². The van der Waals surface area contributed by atoms with Gasteiger partial charge in [-0.2, -0.15) is 0 Å². The summed E-state index contributed by atoms with van der Waals surface area (Å²) in [5, 5.41) is 4.92. The lowest BCUT2D eigenvalue weighted by atomic mass is 10.1. The lowest BCUT2D eigenvalue weighted by molar-refractivity contribution is 0.104. The van der Waals surface area contributed by atoms with Crippen LogP contribution >= 0.6 is 0 Å². The third kappa shape index (κ3) is 4.32. The first-order chi connectivity index (χ1) is 9.90. The summed E-state index contributed by atoms with van der Waals surface area (Å²) in [6.07, 6.45) is 3.55. The van der Waals surface area contributed by atoms with E-state index in [9.17, 15) is 0 Å². The minimum Gasteiger partial charge on any atom is -0.380 e. The molecule has 0 fully saturated rings. The first kappa shape index (κ1) is 16.1. The van der Waals surface area contributed by atoms with E-state index in [0.717, 1.165) is 19.5 Å². The maximum absolute atomic E-state index is 5.40. The van der Waals surface area contributed by atoms with Gasteiger partial charge in [0.1, 0.15) is 0 Å². The fourth-order valence-electron chi connectivity index (χ4n) is 2.60. The number of ether oxygens (including phenoxy) is 1. The molecule has 1 unspecified atom stereocenters. The predicted octanol–water partition coefficient (Wildman–Crippen LogP) is 3.61. The Kier molecular flexibility index (Phi) is 5.07. The molecule has 0 radical (unpaired) electrons. The summed E-state index contributed by atoms with van der Waals surface area (Å²) in [7, 11) is 1.77. The molecule has 116 valence electrons. The Hall–Kier alpha value is -1.32. The molecule has 0 saturated heterocycles. The van der Waals surface area contributed by atoms with Gasteiger partial charge < -0.3 is 14.6 Å². The minimum atomic E-state index is 0.170. The highest BCUT2D eigenvalue weighted by atomic mass is 16.5. The molecule has 1 heterocycles. The van der Waals surface area contributed by atoms with Crippen LogP contribution in [0.5, 0.6) is 0 Å². The number of hydrogen-bond acceptors (Lipinski definition) is 2. The molecule has 2 rings (SSSR count). The van der Waals surface area contributed by atoms with Crippen LogP contribution in [0.25, 0.3) is 10.9 Å². The molecule has 0 saturated carbocycles. The summed E-state index contributed by atoms with van der Waals surface area (Å²) < 4.78 is 7.72. The second-order valence-corrected chi connectivity index (χ2v) is 6.80. The van der Waals surface area contributed by atoms with Crippen molar-refractivity contribution < 1.29 is 4.74 Å². The fourth-order valence-corrected chi connectivity index (χ4v) is 2.60. The average Bonchev–Trinajstić information content (AvgIpc) is 2.76. The quantitative estimate of drug-likeness (QED) is 0.879. The first-order valence-corrected chi connectivity index (χ1v) is 7.75. The van der Waals surface area contributed by atoms with Gasteiger partial charge in [-0.15, -0.1) is 0 Å². The Balaban J connectivity index is 2.19. The zero-order chi connectivity index (χ0) is 15.5. The minimum absolute atomic E-state index is 0.170. The van der Waals surface area contributed by atoms with E-state index in [1.165, 1.54) is 16.5 Å². The Morgan fingerprint density at radius 1 is 1.24 bits per heavy atom. The van der Waals surface area contributed by atoms with Gasteiger partial charge in [-0.1, -0.05) is 18.2 Å². The van der Waals surface area contributed by atoms with Crippen LogP contribution in [0, 0.1) is 0 Å². The summed E-state index contributed by atoms with van der Waals surface area (Å²) in [5.74, 6) is 0. The number of nitrogens with one attached hydrogen (secondary N) is 1. The van der Waals surface area contributed by atoms with Crippen LogP contribution in [0.1, 0.15) is 33.3 Å². The van der Waals surface area contributed by atoms with Gasteiger partial charge in [0.25, 0.3) is 0 Å². The van der Waals surface area contributed by atoms with Crippen LogP contribution in [0.3, 0.4) is 0 Å². The molecule has 1 aromatic carbocycles. The van der Waals surface area contributed by atoms with E-state index in [1.54, 1.807) is 7.11 Å². The summed E-state index contributed by atoms with van der Waals surface area (Å²) in [6, 6.07) is 8.63. The molecule has 3 heteroatoms. The van der Waals surface area contributed by atoms with Crippen molar-refractivity contribution >= 4 is 10.9 Å². The molecule has 1 atom stereocenters. The number of fused-ring (bicyclic) bond motifs is 1. The molecule has 1 N–H and O–H groups in total. The second-order valence-electron chi connectivity index (χ2n) is 6.80. The van der Waals surface area contributed by atoms with Crippen molar-refractivity contribution in [3.05, 3.63) is 36.0 Å². The molecule has 0 aliphatic rings. The predicted molar refractivity (Wildman–Crippen MR) is 89.9 cm³/mol. The van der Waals surface area contributed by atoms with E-state index in [4.69, 9.17) is 4.74 Å². The van der Waals surface area contributed by atoms with Crippen LogP contribution < -0.4 is 5.32 Å². The number of hydrogen-bond donors (Lipinski definition) is 1. The first-order valence-electron chi connectivity index (χ1n) is 7.75. The van der Waals surface area contributed by atoms with Crippen molar-refractivity contribution in [1.82, 2.24) is 9.88 Å². The highest BCUT2D eigenvalue weighted by Crippen LogP contribution is 2.22. The summed E-state index contributed by atoms with van der Waals surface area (Å²) in [5.41, 5.74) is 2.88. The average molecular weight is 288 g/mol. The van der Waals surface area contributed by atoms with Crippen molar-refractivity contribution in [3.8, 4) is 0 Å². The van der Waals surface area contributed by atoms with E-state index in [1.807, 2.05) is 0 Å². The lowest BCUT2D eigenvalue weighted by Crippen LogP contribution is -2.37. The Labute approximate surface area is 128 Å². The van der Waals surface area contributed by atoms with Gasteiger partial charge in [0.15, 0.2) is 0 Å². The van der Waals surface area contributed by atoms with Gasteiger partial charge in [-0.3, -0.25) is 0 Å². The van der Waals surface area contributed by atoms with Crippen LogP contribution in [-0.4, -0.2) is 29.9 Å². The molecule has 2 aromatic rings. The summed E-state index contributed by atoms with van der Waals surface area (Å²) in [6.45, 7) is 10.6. The van der Waals surface area contributed by atoms with Crippen molar-refractivity contribution in [3.63, 3.8) is 0 Å². The lowest BCUT2D eigenvalue weighted by Gasteiger charge is -2.20. The Bertz CT molecular complexity index is 580. The molecule has 0 aliphatic carbocycles. The molecule has 0 spiro atoms. The number of nitrogens with zero attached hydrogens (tertiary/aromatic N) is 1. The van der Waals surface area contributed by atoms with Gasteiger partial charge >= 0.3 is 0 Å². The highest BCUT2D eigenvalue weighted by molar-refractivity contribution is 5.84. The van der Waals surface area contributed by atoms with Crippen LogP contribution in [0.4, 0.5) is 0 Å². The number of para-hydroxylation sites is 1.